The maximum Gasteiger partial charge on any atom is 0.425 e. The van der Waals surface area contributed by atoms with E-state index in [-0.39, 0.29) is 33.7 Å². The Hall–Kier alpha value is -3.45. The molecule has 9 nitrogen and oxygen atoms in total. The summed E-state index contributed by atoms with van der Waals surface area (Å²) in [6, 6.07) is 1.61. The predicted molar refractivity (Wildman–Crippen MR) is 117 cm³/mol. The molecule has 0 saturated heterocycles. The number of H-pyrrole nitrogens is 1. The number of hydrogen-bond donors (Lipinski definition) is 3. The first kappa shape index (κ1) is 26.2. The average Bonchev–Trinajstić information content (AvgIpc) is 3.10. The predicted octanol–water partition coefficient (Wildman–Crippen LogP) is 4.61. The van der Waals surface area contributed by atoms with Gasteiger partial charge in [0.05, 0.1) is 36.4 Å². The number of nitrogens with one attached hydrogen (secondary N) is 2. The van der Waals surface area contributed by atoms with Gasteiger partial charge in [-0.25, -0.2) is 14.4 Å². The van der Waals surface area contributed by atoms with Gasteiger partial charge in [0.25, 0.3) is 5.91 Å². The van der Waals surface area contributed by atoms with Crippen molar-refractivity contribution in [3.05, 3.63) is 46.3 Å². The van der Waals surface area contributed by atoms with E-state index in [1.54, 1.807) is 6.92 Å². The number of nitrogens with zero attached hydrogens (tertiary/aromatic N) is 3. The number of methoxy groups -OCH3 is 1. The third-order valence-corrected chi connectivity index (χ3v) is 5.12. The van der Waals surface area contributed by atoms with Crippen LogP contribution in [0.2, 0.25) is 5.15 Å². The Balaban J connectivity index is 2.12. The van der Waals surface area contributed by atoms with E-state index in [9.17, 15) is 23.1 Å². The smallest absolute Gasteiger partial charge is 0.425 e. The second-order valence-corrected chi connectivity index (χ2v) is 7.78. The first-order valence-electron chi connectivity index (χ1n) is 10.0. The van der Waals surface area contributed by atoms with Crippen molar-refractivity contribution in [3.8, 4) is 22.9 Å². The minimum Gasteiger partial charge on any atom is -0.480 e. The number of ether oxygens (including phenoxy) is 2. The number of carbonyl (C=O) groups is 1. The van der Waals surface area contributed by atoms with Gasteiger partial charge in [0.15, 0.2) is 11.3 Å². The van der Waals surface area contributed by atoms with Gasteiger partial charge in [-0.2, -0.15) is 18.3 Å². The van der Waals surface area contributed by atoms with E-state index >= 15 is 4.39 Å². The van der Waals surface area contributed by atoms with Crippen molar-refractivity contribution in [2.24, 2.45) is 0 Å². The SMILES string of the molecule is COc1ncc(-c2cc(O[C@@H](C)C(F)(F)F)c(C(=O)Nc3c(Cl)n[nH]c3C)cc2F)nc1C(C)O. The highest BCUT2D eigenvalue weighted by Gasteiger charge is 2.39. The van der Waals surface area contributed by atoms with Gasteiger partial charge in [-0.15, -0.1) is 0 Å². The number of carbonyl (C=O) groups excluding carboxylic acids is 1. The summed E-state index contributed by atoms with van der Waals surface area (Å²) in [6.45, 7) is 3.66. The van der Waals surface area contributed by atoms with Gasteiger partial charge in [-0.3, -0.25) is 9.89 Å². The van der Waals surface area contributed by atoms with Crippen LogP contribution in [0.4, 0.5) is 23.2 Å². The molecule has 0 bridgehead atoms. The molecule has 0 aliphatic rings. The topological polar surface area (TPSA) is 122 Å². The number of aliphatic hydroxyl groups excluding tert-OH is 1. The van der Waals surface area contributed by atoms with Crippen molar-refractivity contribution >= 4 is 23.2 Å². The van der Waals surface area contributed by atoms with Crippen molar-refractivity contribution in [2.75, 3.05) is 12.4 Å². The van der Waals surface area contributed by atoms with Crippen molar-refractivity contribution in [1.29, 1.82) is 0 Å². The Bertz CT molecular complexity index is 1230. The van der Waals surface area contributed by atoms with Gasteiger partial charge in [0.1, 0.15) is 22.9 Å². The van der Waals surface area contributed by atoms with Crippen LogP contribution < -0.4 is 14.8 Å². The van der Waals surface area contributed by atoms with E-state index in [1.807, 2.05) is 0 Å². The molecule has 14 heteroatoms. The molecule has 2 aromatic heterocycles. The molecule has 3 N–H and O–H groups in total. The van der Waals surface area contributed by atoms with Crippen LogP contribution in [-0.4, -0.2) is 50.6 Å². The van der Waals surface area contributed by atoms with Crippen molar-refractivity contribution in [3.63, 3.8) is 0 Å². The lowest BCUT2D eigenvalue weighted by Gasteiger charge is -2.20. The Morgan fingerprint density at radius 1 is 1.29 bits per heavy atom. The standard InChI is InChI=1S/C21H20ClF4N5O4/c1-8-16(18(22)31-30-8)29-19(33)12-5-13(23)11(6-15(12)35-10(3)21(24,25)26)14-7-27-20(34-4)17(28-14)9(2)32/h5-7,9-10,32H,1-4H3,(H,29,33)(H,30,31)/t9?,10-/m0/s1. The second-order valence-electron chi connectivity index (χ2n) is 7.42. The maximum atomic E-state index is 15.1. The third kappa shape index (κ3) is 5.62. The lowest BCUT2D eigenvalue weighted by Crippen LogP contribution is -2.32. The summed E-state index contributed by atoms with van der Waals surface area (Å²) >= 11 is 5.91. The maximum absolute atomic E-state index is 15.1. The van der Waals surface area contributed by atoms with E-state index in [2.05, 4.69) is 25.5 Å². The molecule has 35 heavy (non-hydrogen) atoms. The number of benzene rings is 1. The van der Waals surface area contributed by atoms with Gasteiger partial charge in [0, 0.05) is 5.56 Å². The van der Waals surface area contributed by atoms with E-state index in [0.717, 1.165) is 19.2 Å². The van der Waals surface area contributed by atoms with Crippen LogP contribution in [0, 0.1) is 12.7 Å². The number of anilines is 1. The van der Waals surface area contributed by atoms with Crippen LogP contribution in [0.25, 0.3) is 11.3 Å². The Morgan fingerprint density at radius 3 is 2.51 bits per heavy atom. The monoisotopic (exact) mass is 517 g/mol. The first-order chi connectivity index (χ1) is 16.3. The summed E-state index contributed by atoms with van der Waals surface area (Å²) in [5.74, 6) is -2.59. The quantitative estimate of drug-likeness (QED) is 0.391. The molecule has 0 spiro atoms. The van der Waals surface area contributed by atoms with E-state index in [4.69, 9.17) is 21.1 Å². The molecule has 2 atom stereocenters. The third-order valence-electron chi connectivity index (χ3n) is 4.85. The lowest BCUT2D eigenvalue weighted by atomic mass is 10.1. The summed E-state index contributed by atoms with van der Waals surface area (Å²) < 4.78 is 64.8. The van der Waals surface area contributed by atoms with Crippen LogP contribution in [0.15, 0.2) is 18.3 Å². The number of alkyl halides is 3. The number of hydrogen-bond acceptors (Lipinski definition) is 7. The van der Waals surface area contributed by atoms with Crippen molar-refractivity contribution < 1.29 is 36.9 Å². The minimum atomic E-state index is -4.77. The number of halogens is 5. The normalized spacial score (nSPS) is 13.3. The molecule has 2 heterocycles. The van der Waals surface area contributed by atoms with Crippen LogP contribution in [0.1, 0.15) is 41.7 Å². The van der Waals surface area contributed by atoms with Crippen LogP contribution >= 0.6 is 11.6 Å². The highest BCUT2D eigenvalue weighted by atomic mass is 35.5. The van der Waals surface area contributed by atoms with Gasteiger partial charge >= 0.3 is 6.18 Å². The fourth-order valence-electron chi connectivity index (χ4n) is 2.96. The molecule has 0 saturated carbocycles. The number of aryl methyl sites for hydroxylation is 1. The van der Waals surface area contributed by atoms with Crippen molar-refractivity contribution in [2.45, 2.75) is 39.2 Å². The molecule has 1 aromatic carbocycles. The summed E-state index contributed by atoms with van der Waals surface area (Å²) in [5.41, 5.74) is -0.576. The Morgan fingerprint density at radius 2 is 1.97 bits per heavy atom. The summed E-state index contributed by atoms with van der Waals surface area (Å²) in [6.07, 6.45) is -7.14. The van der Waals surface area contributed by atoms with Gasteiger partial charge < -0.3 is 19.9 Å². The van der Waals surface area contributed by atoms with Gasteiger partial charge in [-0.05, 0) is 32.9 Å². The molecular formula is C21H20ClF4N5O4. The number of aromatic amines is 1. The zero-order chi connectivity index (χ0) is 26.1. The van der Waals surface area contributed by atoms with Gasteiger partial charge in [-0.1, -0.05) is 11.6 Å². The molecule has 0 aliphatic carbocycles. The second kappa shape index (κ2) is 10.0. The molecule has 1 amide bonds. The van der Waals surface area contributed by atoms with Crippen molar-refractivity contribution in [1.82, 2.24) is 20.2 Å². The fraction of sp³-hybridized carbons (Fsp3) is 0.333. The first-order valence-corrected chi connectivity index (χ1v) is 10.4. The molecular weight excluding hydrogens is 498 g/mol. The average molecular weight is 518 g/mol. The van der Waals surface area contributed by atoms with Crippen LogP contribution in [0.3, 0.4) is 0 Å². The molecule has 3 rings (SSSR count). The molecule has 3 aromatic rings. The molecule has 0 aliphatic heterocycles. The van der Waals surface area contributed by atoms with E-state index < -0.39 is 41.4 Å². The lowest BCUT2D eigenvalue weighted by molar-refractivity contribution is -0.189. The van der Waals surface area contributed by atoms with E-state index in [0.29, 0.717) is 11.8 Å². The molecule has 0 radical (unpaired) electrons. The zero-order valence-electron chi connectivity index (χ0n) is 18.8. The number of aliphatic hydroxyl groups is 1. The van der Waals surface area contributed by atoms with Crippen LogP contribution in [0.5, 0.6) is 11.6 Å². The summed E-state index contributed by atoms with van der Waals surface area (Å²) in [4.78, 5) is 21.0. The summed E-state index contributed by atoms with van der Waals surface area (Å²) in [7, 11) is 1.29. The highest BCUT2D eigenvalue weighted by molar-refractivity contribution is 6.33. The summed E-state index contributed by atoms with van der Waals surface area (Å²) in [5, 5.41) is 18.4. The Labute approximate surface area is 201 Å². The van der Waals surface area contributed by atoms with Gasteiger partial charge in [0.2, 0.25) is 5.88 Å². The Kier molecular flexibility index (Phi) is 7.50. The zero-order valence-corrected chi connectivity index (χ0v) is 19.5. The molecule has 188 valence electrons. The molecule has 0 fully saturated rings. The van der Waals surface area contributed by atoms with Crippen LogP contribution in [-0.2, 0) is 0 Å². The number of rotatable bonds is 7. The van der Waals surface area contributed by atoms with E-state index in [1.165, 1.54) is 14.0 Å². The minimum absolute atomic E-state index is 0.0188. The number of amides is 1. The highest BCUT2D eigenvalue weighted by Crippen LogP contribution is 2.35. The largest absolute Gasteiger partial charge is 0.480 e. The molecule has 1 unspecified atom stereocenters. The number of aromatic nitrogens is 4. The fourth-order valence-corrected chi connectivity index (χ4v) is 3.19.